The minimum atomic E-state index is 0.390. The number of anilines is 2. The molecule has 0 spiro atoms. The highest BCUT2D eigenvalue weighted by atomic mass is 32.1. The number of aromatic nitrogens is 1. The molecule has 0 saturated heterocycles. The molecule has 0 unspecified atom stereocenters. The maximum absolute atomic E-state index is 5.70. The molecule has 0 aliphatic rings. The van der Waals surface area contributed by atoms with Crippen molar-refractivity contribution in [2.75, 3.05) is 30.4 Å². The number of nitrogens with zero attached hydrogens (tertiary/aromatic N) is 2. The summed E-state index contributed by atoms with van der Waals surface area (Å²) in [6, 6.07) is 12.2. The van der Waals surface area contributed by atoms with Crippen molar-refractivity contribution in [1.82, 2.24) is 4.98 Å². The average molecular weight is 300 g/mol. The second-order valence-corrected chi connectivity index (χ2v) is 5.26. The summed E-state index contributed by atoms with van der Waals surface area (Å²) in [4.78, 5) is 6.73. The predicted molar refractivity (Wildman–Crippen MR) is 92.9 cm³/mol. The summed E-state index contributed by atoms with van der Waals surface area (Å²) in [6.45, 7) is 1.82. The maximum Gasteiger partial charge on any atom is 0.106 e. The van der Waals surface area contributed by atoms with Crippen LogP contribution in [-0.4, -0.2) is 30.1 Å². The molecule has 0 aliphatic heterocycles. The van der Waals surface area contributed by atoms with Gasteiger partial charge >= 0.3 is 0 Å². The Kier molecular flexibility index (Phi) is 5.51. The van der Waals surface area contributed by atoms with Gasteiger partial charge in [-0.05, 0) is 24.6 Å². The molecule has 1 heterocycles. The summed E-state index contributed by atoms with van der Waals surface area (Å²) in [7, 11) is 2.10. The van der Waals surface area contributed by atoms with E-state index in [2.05, 4.69) is 34.4 Å². The largest absolute Gasteiger partial charge is 0.389 e. The summed E-state index contributed by atoms with van der Waals surface area (Å²) in [5, 5.41) is 3.34. The third-order valence-corrected chi connectivity index (χ3v) is 3.49. The van der Waals surface area contributed by atoms with Gasteiger partial charge in [-0.1, -0.05) is 30.4 Å². The molecule has 0 radical (unpaired) electrons. The predicted octanol–water partition coefficient (Wildman–Crippen LogP) is 2.65. The zero-order valence-corrected chi connectivity index (χ0v) is 12.9. The lowest BCUT2D eigenvalue weighted by Crippen LogP contribution is -2.21. The highest BCUT2D eigenvalue weighted by Crippen LogP contribution is 2.14. The molecule has 5 heteroatoms. The Balaban J connectivity index is 1.81. The topological polar surface area (TPSA) is 54.2 Å². The van der Waals surface area contributed by atoms with E-state index in [1.54, 1.807) is 12.4 Å². The minimum absolute atomic E-state index is 0.390. The van der Waals surface area contributed by atoms with Gasteiger partial charge in [0.15, 0.2) is 0 Å². The Morgan fingerprint density at radius 1 is 1.29 bits per heavy atom. The number of hydrogen-bond acceptors (Lipinski definition) is 4. The van der Waals surface area contributed by atoms with Crippen LogP contribution in [0.3, 0.4) is 0 Å². The maximum atomic E-state index is 5.70. The van der Waals surface area contributed by atoms with Gasteiger partial charge in [-0.25, -0.2) is 0 Å². The van der Waals surface area contributed by atoms with E-state index in [-0.39, 0.29) is 0 Å². The smallest absolute Gasteiger partial charge is 0.106 e. The molecule has 1 aromatic carbocycles. The van der Waals surface area contributed by atoms with E-state index in [0.717, 1.165) is 30.8 Å². The number of pyridine rings is 1. The van der Waals surface area contributed by atoms with Crippen molar-refractivity contribution in [2.24, 2.45) is 5.73 Å². The van der Waals surface area contributed by atoms with E-state index in [4.69, 9.17) is 18.0 Å². The van der Waals surface area contributed by atoms with Crippen LogP contribution in [0.1, 0.15) is 12.0 Å². The summed E-state index contributed by atoms with van der Waals surface area (Å²) in [6.07, 6.45) is 4.47. The lowest BCUT2D eigenvalue weighted by Gasteiger charge is -2.19. The van der Waals surface area contributed by atoms with Gasteiger partial charge in [0.05, 0.1) is 11.9 Å². The van der Waals surface area contributed by atoms with Crippen LogP contribution < -0.4 is 16.0 Å². The van der Waals surface area contributed by atoms with Crippen molar-refractivity contribution in [3.8, 4) is 0 Å². The van der Waals surface area contributed by atoms with Gasteiger partial charge < -0.3 is 16.0 Å². The highest BCUT2D eigenvalue weighted by molar-refractivity contribution is 7.80. The average Bonchev–Trinajstić information content (AvgIpc) is 2.52. The van der Waals surface area contributed by atoms with Gasteiger partial charge in [-0.15, -0.1) is 0 Å². The van der Waals surface area contributed by atoms with Crippen molar-refractivity contribution >= 4 is 28.6 Å². The monoisotopic (exact) mass is 300 g/mol. The number of para-hydroxylation sites is 1. The van der Waals surface area contributed by atoms with Crippen LogP contribution in [-0.2, 0) is 0 Å². The number of thiocarbonyl (C=S) groups is 1. The normalized spacial score (nSPS) is 10.1. The number of benzene rings is 1. The van der Waals surface area contributed by atoms with Crippen LogP contribution in [0.5, 0.6) is 0 Å². The Morgan fingerprint density at radius 2 is 2.05 bits per heavy atom. The third-order valence-electron chi connectivity index (χ3n) is 3.27. The molecule has 0 fully saturated rings. The Hall–Kier alpha value is -2.14. The highest BCUT2D eigenvalue weighted by Gasteiger charge is 2.04. The van der Waals surface area contributed by atoms with Crippen LogP contribution in [0.15, 0.2) is 48.8 Å². The zero-order chi connectivity index (χ0) is 15.1. The molecule has 0 aliphatic carbocycles. The SMILES string of the molecule is CN(CCCNc1cnccc1C(N)=S)c1ccccc1. The van der Waals surface area contributed by atoms with Gasteiger partial charge in [0, 0.05) is 37.6 Å². The molecule has 3 N–H and O–H groups in total. The molecule has 0 atom stereocenters. The van der Waals surface area contributed by atoms with Gasteiger partial charge in [-0.2, -0.15) is 0 Å². The van der Waals surface area contributed by atoms with E-state index in [1.165, 1.54) is 5.69 Å². The Morgan fingerprint density at radius 3 is 2.76 bits per heavy atom. The molecule has 21 heavy (non-hydrogen) atoms. The first-order chi connectivity index (χ1) is 10.2. The Labute approximate surface area is 131 Å². The van der Waals surface area contributed by atoms with E-state index < -0.39 is 0 Å². The fourth-order valence-electron chi connectivity index (χ4n) is 2.10. The van der Waals surface area contributed by atoms with Gasteiger partial charge in [0.2, 0.25) is 0 Å². The summed E-state index contributed by atoms with van der Waals surface area (Å²) >= 11 is 5.04. The number of hydrogen-bond donors (Lipinski definition) is 2. The van der Waals surface area contributed by atoms with E-state index in [1.807, 2.05) is 24.3 Å². The third kappa shape index (κ3) is 4.43. The molecular weight excluding hydrogens is 280 g/mol. The van der Waals surface area contributed by atoms with Gasteiger partial charge in [0.25, 0.3) is 0 Å². The first-order valence-electron chi connectivity index (χ1n) is 6.92. The molecule has 1 aromatic heterocycles. The quantitative estimate of drug-likeness (QED) is 0.608. The van der Waals surface area contributed by atoms with Crippen molar-refractivity contribution in [1.29, 1.82) is 0 Å². The summed E-state index contributed by atoms with van der Waals surface area (Å²) in [5.41, 5.74) is 8.66. The number of rotatable bonds is 7. The molecule has 2 rings (SSSR count). The number of nitrogens with two attached hydrogens (primary N) is 1. The molecule has 110 valence electrons. The Bertz CT molecular complexity index is 586. The lowest BCUT2D eigenvalue weighted by molar-refractivity contribution is 0.816. The minimum Gasteiger partial charge on any atom is -0.389 e. The molecule has 0 bridgehead atoms. The van der Waals surface area contributed by atoms with Crippen LogP contribution in [0, 0.1) is 0 Å². The van der Waals surface area contributed by atoms with Crippen LogP contribution in [0.4, 0.5) is 11.4 Å². The van der Waals surface area contributed by atoms with Crippen LogP contribution in [0.2, 0.25) is 0 Å². The van der Waals surface area contributed by atoms with E-state index in [9.17, 15) is 0 Å². The second kappa shape index (κ2) is 7.59. The van der Waals surface area contributed by atoms with Gasteiger partial charge in [0.1, 0.15) is 4.99 Å². The van der Waals surface area contributed by atoms with E-state index >= 15 is 0 Å². The second-order valence-electron chi connectivity index (χ2n) is 4.82. The van der Waals surface area contributed by atoms with Crippen LogP contribution in [0.25, 0.3) is 0 Å². The van der Waals surface area contributed by atoms with E-state index in [0.29, 0.717) is 4.99 Å². The first-order valence-corrected chi connectivity index (χ1v) is 7.33. The number of nitrogens with one attached hydrogen (secondary N) is 1. The zero-order valence-electron chi connectivity index (χ0n) is 12.1. The van der Waals surface area contributed by atoms with Crippen molar-refractivity contribution < 1.29 is 0 Å². The standard InChI is InChI=1S/C16H20N4S/c1-20(13-6-3-2-4-7-13)11-5-9-19-15-12-18-10-8-14(15)16(17)21/h2-4,6-8,10,12,19H,5,9,11H2,1H3,(H2,17,21). The van der Waals surface area contributed by atoms with Crippen LogP contribution >= 0.6 is 12.2 Å². The molecule has 0 saturated carbocycles. The van der Waals surface area contributed by atoms with Crippen molar-refractivity contribution in [3.05, 3.63) is 54.4 Å². The lowest BCUT2D eigenvalue weighted by atomic mass is 10.2. The first kappa shape index (κ1) is 15.3. The van der Waals surface area contributed by atoms with Crippen molar-refractivity contribution in [3.63, 3.8) is 0 Å². The molecule has 4 nitrogen and oxygen atoms in total. The summed E-state index contributed by atoms with van der Waals surface area (Å²) in [5.74, 6) is 0. The fraction of sp³-hybridized carbons (Fsp3) is 0.250. The summed E-state index contributed by atoms with van der Waals surface area (Å²) < 4.78 is 0. The fourth-order valence-corrected chi connectivity index (χ4v) is 2.28. The van der Waals surface area contributed by atoms with Crippen molar-refractivity contribution in [2.45, 2.75) is 6.42 Å². The molecule has 2 aromatic rings. The van der Waals surface area contributed by atoms with Gasteiger partial charge in [-0.3, -0.25) is 4.98 Å². The molecule has 0 amide bonds. The molecular formula is C16H20N4S.